The zero-order valence-electron chi connectivity index (χ0n) is 16.4. The number of aromatic nitrogens is 1. The number of carbonyl (C=O) groups excluding carboxylic acids is 2. The lowest BCUT2D eigenvalue weighted by Crippen LogP contribution is -2.46. The predicted octanol–water partition coefficient (Wildman–Crippen LogP) is 3.45. The summed E-state index contributed by atoms with van der Waals surface area (Å²) in [5.41, 5.74) is 5.84. The molecule has 2 rings (SSSR count). The van der Waals surface area contributed by atoms with Gasteiger partial charge in [0.25, 0.3) is 0 Å². The molecule has 0 spiro atoms. The molecule has 146 valence electrons. The van der Waals surface area contributed by atoms with Gasteiger partial charge in [0.15, 0.2) is 0 Å². The molecular formula is C20H32N2O4. The van der Waals surface area contributed by atoms with Crippen LogP contribution < -0.4 is 5.73 Å². The van der Waals surface area contributed by atoms with Crippen LogP contribution in [0, 0.1) is 0 Å². The van der Waals surface area contributed by atoms with Crippen molar-refractivity contribution in [2.75, 3.05) is 6.61 Å². The molecule has 1 fully saturated rings. The zero-order chi connectivity index (χ0) is 19.4. The average molecular weight is 364 g/mol. The molecule has 3 N–H and O–H groups in total. The van der Waals surface area contributed by atoms with Crippen LogP contribution >= 0.6 is 0 Å². The Morgan fingerprint density at radius 3 is 2.46 bits per heavy atom. The number of hydrogen-bond acceptors (Lipinski definition) is 4. The van der Waals surface area contributed by atoms with Gasteiger partial charge in [0, 0.05) is 23.9 Å². The Labute approximate surface area is 155 Å². The maximum absolute atomic E-state index is 12.8. The number of H-pyrrole nitrogens is 1. The van der Waals surface area contributed by atoms with E-state index < -0.39 is 16.9 Å². The highest BCUT2D eigenvalue weighted by Gasteiger charge is 2.46. The van der Waals surface area contributed by atoms with Gasteiger partial charge in [-0.25, -0.2) is 4.79 Å². The fourth-order valence-electron chi connectivity index (χ4n) is 4.00. The standard InChI is InChI=1S/C20H32N2O4/c1-5-25-15(13-16(21)23)20(10-7-6-8-11-20)17-14(9-12-22-17)18(24)26-19(2,3)4/h9,12,15,22H,5-8,10-11,13H2,1-4H3,(H2,21,23). The van der Waals surface area contributed by atoms with Crippen molar-refractivity contribution in [2.24, 2.45) is 5.73 Å². The minimum Gasteiger partial charge on any atom is -0.456 e. The van der Waals surface area contributed by atoms with Gasteiger partial charge < -0.3 is 20.2 Å². The third-order valence-electron chi connectivity index (χ3n) is 4.98. The number of nitrogens with one attached hydrogen (secondary N) is 1. The van der Waals surface area contributed by atoms with Gasteiger partial charge >= 0.3 is 5.97 Å². The van der Waals surface area contributed by atoms with Crippen molar-refractivity contribution in [2.45, 2.75) is 83.3 Å². The Kier molecular flexibility index (Phi) is 6.50. The number of aromatic amines is 1. The molecule has 0 saturated heterocycles. The second-order valence-electron chi connectivity index (χ2n) is 8.10. The van der Waals surface area contributed by atoms with E-state index in [0.29, 0.717) is 12.2 Å². The minimum absolute atomic E-state index is 0.140. The van der Waals surface area contributed by atoms with Crippen molar-refractivity contribution in [3.63, 3.8) is 0 Å². The van der Waals surface area contributed by atoms with Crippen LogP contribution in [-0.4, -0.2) is 35.2 Å². The van der Waals surface area contributed by atoms with Gasteiger partial charge in [-0.1, -0.05) is 19.3 Å². The first-order valence-electron chi connectivity index (χ1n) is 9.50. The van der Waals surface area contributed by atoms with Crippen LogP contribution in [0.3, 0.4) is 0 Å². The largest absolute Gasteiger partial charge is 0.456 e. The molecule has 1 aromatic heterocycles. The van der Waals surface area contributed by atoms with Crippen LogP contribution in [-0.2, 0) is 19.7 Å². The molecule has 0 bridgehead atoms. The molecule has 1 heterocycles. The number of carbonyl (C=O) groups is 2. The van der Waals surface area contributed by atoms with Crippen LogP contribution in [0.2, 0.25) is 0 Å². The lowest BCUT2D eigenvalue weighted by Gasteiger charge is -2.43. The molecule has 1 aliphatic carbocycles. The SMILES string of the molecule is CCOC(CC(N)=O)C1(c2[nH]ccc2C(=O)OC(C)(C)C)CCCCC1. The molecule has 1 aliphatic rings. The van der Waals surface area contributed by atoms with Gasteiger partial charge in [0.05, 0.1) is 18.1 Å². The molecule has 1 saturated carbocycles. The van der Waals surface area contributed by atoms with Gasteiger partial charge in [0.1, 0.15) is 5.60 Å². The average Bonchev–Trinajstić information content (AvgIpc) is 3.03. The number of nitrogens with two attached hydrogens (primary N) is 1. The topological polar surface area (TPSA) is 94.4 Å². The van der Waals surface area contributed by atoms with Crippen LogP contribution in [0.25, 0.3) is 0 Å². The summed E-state index contributed by atoms with van der Waals surface area (Å²) in [5.74, 6) is -0.744. The fourth-order valence-corrected chi connectivity index (χ4v) is 4.00. The van der Waals surface area contributed by atoms with E-state index in [1.165, 1.54) is 0 Å². The molecule has 1 aromatic rings. The highest BCUT2D eigenvalue weighted by molar-refractivity contribution is 5.91. The molecule has 6 heteroatoms. The van der Waals surface area contributed by atoms with Gasteiger partial charge in [-0.15, -0.1) is 0 Å². The molecule has 1 unspecified atom stereocenters. The highest BCUT2D eigenvalue weighted by Crippen LogP contribution is 2.45. The van der Waals surface area contributed by atoms with E-state index in [9.17, 15) is 9.59 Å². The Bertz CT molecular complexity index is 624. The predicted molar refractivity (Wildman–Crippen MR) is 99.9 cm³/mol. The van der Waals surface area contributed by atoms with Crippen molar-refractivity contribution in [3.8, 4) is 0 Å². The van der Waals surface area contributed by atoms with Gasteiger partial charge in [-0.05, 0) is 46.6 Å². The number of primary amides is 1. The van der Waals surface area contributed by atoms with Crippen LogP contribution in [0.1, 0.15) is 82.3 Å². The summed E-state index contributed by atoms with van der Waals surface area (Å²) in [4.78, 5) is 27.7. The first-order valence-corrected chi connectivity index (χ1v) is 9.50. The third-order valence-corrected chi connectivity index (χ3v) is 4.98. The van der Waals surface area contributed by atoms with E-state index in [-0.39, 0.29) is 18.5 Å². The second kappa shape index (κ2) is 8.25. The van der Waals surface area contributed by atoms with Crippen molar-refractivity contribution in [3.05, 3.63) is 23.5 Å². The van der Waals surface area contributed by atoms with Gasteiger partial charge in [-0.2, -0.15) is 0 Å². The summed E-state index contributed by atoms with van der Waals surface area (Å²) in [6, 6.07) is 1.76. The summed E-state index contributed by atoms with van der Waals surface area (Å²) in [7, 11) is 0. The van der Waals surface area contributed by atoms with Crippen LogP contribution in [0.15, 0.2) is 12.3 Å². The smallest absolute Gasteiger partial charge is 0.340 e. The number of rotatable bonds is 7. The van der Waals surface area contributed by atoms with Gasteiger partial charge in [-0.3, -0.25) is 4.79 Å². The third kappa shape index (κ3) is 4.67. The fraction of sp³-hybridized carbons (Fsp3) is 0.700. The first-order chi connectivity index (χ1) is 12.2. The number of hydrogen-bond donors (Lipinski definition) is 2. The highest BCUT2D eigenvalue weighted by atomic mass is 16.6. The van der Waals surface area contributed by atoms with Crippen LogP contribution in [0.5, 0.6) is 0 Å². The molecule has 0 aromatic carbocycles. The molecule has 1 amide bonds. The van der Waals surface area contributed by atoms with Crippen molar-refractivity contribution in [1.82, 2.24) is 4.98 Å². The lowest BCUT2D eigenvalue weighted by atomic mass is 9.66. The minimum atomic E-state index is -0.572. The molecule has 0 radical (unpaired) electrons. The van der Waals surface area contributed by atoms with E-state index in [4.69, 9.17) is 15.2 Å². The Morgan fingerprint density at radius 2 is 1.92 bits per heavy atom. The lowest BCUT2D eigenvalue weighted by molar-refractivity contribution is -0.123. The van der Waals surface area contributed by atoms with Crippen molar-refractivity contribution < 1.29 is 19.1 Å². The van der Waals surface area contributed by atoms with Crippen LogP contribution in [0.4, 0.5) is 0 Å². The zero-order valence-corrected chi connectivity index (χ0v) is 16.4. The Morgan fingerprint density at radius 1 is 1.27 bits per heavy atom. The summed E-state index contributed by atoms with van der Waals surface area (Å²) < 4.78 is 11.6. The molecular weight excluding hydrogens is 332 g/mol. The van der Waals surface area contributed by atoms with Gasteiger partial charge in [0.2, 0.25) is 5.91 Å². The number of esters is 1. The van der Waals surface area contributed by atoms with E-state index >= 15 is 0 Å². The molecule has 0 aliphatic heterocycles. The van der Waals surface area contributed by atoms with E-state index in [1.807, 2.05) is 27.7 Å². The summed E-state index contributed by atoms with van der Waals surface area (Å²) in [5, 5.41) is 0. The maximum atomic E-state index is 12.8. The van der Waals surface area contributed by atoms with Crippen molar-refractivity contribution >= 4 is 11.9 Å². The molecule has 1 atom stereocenters. The summed E-state index contributed by atoms with van der Waals surface area (Å²) in [6.45, 7) is 7.95. The number of amides is 1. The Hall–Kier alpha value is -1.82. The summed E-state index contributed by atoms with van der Waals surface area (Å²) >= 11 is 0. The van der Waals surface area contributed by atoms with E-state index in [2.05, 4.69) is 4.98 Å². The maximum Gasteiger partial charge on any atom is 0.340 e. The monoisotopic (exact) mass is 364 g/mol. The number of ether oxygens (including phenoxy) is 2. The van der Waals surface area contributed by atoms with E-state index in [0.717, 1.165) is 37.8 Å². The quantitative estimate of drug-likeness (QED) is 0.725. The first kappa shape index (κ1) is 20.5. The Balaban J connectivity index is 2.46. The second-order valence-corrected chi connectivity index (χ2v) is 8.10. The molecule has 6 nitrogen and oxygen atoms in total. The summed E-state index contributed by atoms with van der Waals surface area (Å²) in [6.07, 6.45) is 6.43. The normalized spacial score (nSPS) is 18.3. The van der Waals surface area contributed by atoms with E-state index in [1.54, 1.807) is 12.3 Å². The molecule has 26 heavy (non-hydrogen) atoms. The van der Waals surface area contributed by atoms with Crippen molar-refractivity contribution in [1.29, 1.82) is 0 Å².